The van der Waals surface area contributed by atoms with Gasteiger partial charge < -0.3 is 9.47 Å². The first-order chi connectivity index (χ1) is 9.82. The highest BCUT2D eigenvalue weighted by molar-refractivity contribution is 7.89. The van der Waals surface area contributed by atoms with Gasteiger partial charge in [-0.3, -0.25) is 0 Å². The quantitative estimate of drug-likeness (QED) is 0.830. The lowest BCUT2D eigenvalue weighted by molar-refractivity contribution is -0.162. The van der Waals surface area contributed by atoms with Gasteiger partial charge in [-0.1, -0.05) is 26.0 Å². The molecular weight excluding hydrogens is 290 g/mol. The van der Waals surface area contributed by atoms with Crippen molar-refractivity contribution < 1.29 is 17.9 Å². The second-order valence-electron chi connectivity index (χ2n) is 6.06. The van der Waals surface area contributed by atoms with E-state index < -0.39 is 10.0 Å². The maximum absolute atomic E-state index is 12.0. The normalized spacial score (nSPS) is 20.8. The lowest BCUT2D eigenvalue weighted by Crippen LogP contribution is -2.53. The fourth-order valence-corrected chi connectivity index (χ4v) is 3.28. The summed E-state index contributed by atoms with van der Waals surface area (Å²) in [6.45, 7) is 5.17. The van der Waals surface area contributed by atoms with E-state index in [0.717, 1.165) is 11.3 Å². The number of methoxy groups -OCH3 is 1. The van der Waals surface area contributed by atoms with Gasteiger partial charge in [-0.05, 0) is 24.1 Å². The molecule has 5 nitrogen and oxygen atoms in total. The van der Waals surface area contributed by atoms with Gasteiger partial charge in [0.05, 0.1) is 25.6 Å². The average molecular weight is 313 g/mol. The van der Waals surface area contributed by atoms with E-state index in [2.05, 4.69) is 18.6 Å². The van der Waals surface area contributed by atoms with E-state index in [-0.39, 0.29) is 17.3 Å². The van der Waals surface area contributed by atoms with Crippen molar-refractivity contribution in [3.8, 4) is 5.75 Å². The molecule has 118 valence electrons. The Morgan fingerprint density at radius 3 is 2.76 bits per heavy atom. The van der Waals surface area contributed by atoms with Crippen LogP contribution in [0, 0.1) is 5.41 Å². The van der Waals surface area contributed by atoms with Gasteiger partial charge in [-0.2, -0.15) is 0 Å². The van der Waals surface area contributed by atoms with Crippen LogP contribution in [0.5, 0.6) is 5.75 Å². The van der Waals surface area contributed by atoms with Gasteiger partial charge in [-0.25, -0.2) is 13.1 Å². The molecule has 2 rings (SSSR count). The van der Waals surface area contributed by atoms with Crippen molar-refractivity contribution in [3.05, 3.63) is 29.8 Å². The molecule has 0 radical (unpaired) electrons. The van der Waals surface area contributed by atoms with E-state index in [1.807, 2.05) is 24.3 Å². The maximum atomic E-state index is 12.0. The number of benzene rings is 1. The minimum atomic E-state index is -3.29. The highest BCUT2D eigenvalue weighted by atomic mass is 32.2. The molecule has 1 heterocycles. The van der Waals surface area contributed by atoms with Crippen LogP contribution in [0.2, 0.25) is 0 Å². The predicted octanol–water partition coefficient (Wildman–Crippen LogP) is 1.58. The summed E-state index contributed by atoms with van der Waals surface area (Å²) in [5.74, 6) is 0.801. The van der Waals surface area contributed by atoms with Gasteiger partial charge in [0.1, 0.15) is 5.75 Å². The molecule has 1 atom stereocenters. The van der Waals surface area contributed by atoms with Crippen LogP contribution in [0.1, 0.15) is 19.4 Å². The van der Waals surface area contributed by atoms with Gasteiger partial charge in [0.2, 0.25) is 10.0 Å². The third kappa shape index (κ3) is 4.43. The van der Waals surface area contributed by atoms with Crippen molar-refractivity contribution in [3.63, 3.8) is 0 Å². The number of sulfonamides is 1. The van der Waals surface area contributed by atoms with Crippen LogP contribution in [-0.4, -0.2) is 40.5 Å². The first-order valence-corrected chi connectivity index (χ1v) is 8.69. The lowest BCUT2D eigenvalue weighted by Gasteiger charge is -2.44. The molecule has 0 saturated carbocycles. The van der Waals surface area contributed by atoms with E-state index in [0.29, 0.717) is 19.6 Å². The second kappa shape index (κ2) is 6.34. The highest BCUT2D eigenvalue weighted by Crippen LogP contribution is 2.33. The molecule has 6 heteroatoms. The summed E-state index contributed by atoms with van der Waals surface area (Å²) in [4.78, 5) is 0. The largest absolute Gasteiger partial charge is 0.497 e. The summed E-state index contributed by atoms with van der Waals surface area (Å²) in [7, 11) is -1.70. The molecule has 1 aliphatic heterocycles. The summed E-state index contributed by atoms with van der Waals surface area (Å²) in [5, 5.41) is 0. The topological polar surface area (TPSA) is 64.6 Å². The van der Waals surface area contributed by atoms with E-state index >= 15 is 0 Å². The molecule has 1 unspecified atom stereocenters. The molecule has 1 saturated heterocycles. The molecule has 0 aliphatic carbocycles. The zero-order valence-corrected chi connectivity index (χ0v) is 13.6. The standard InChI is InChI=1S/C15H23NO4S/c1-15(2)11-20-14(15)10-16-21(17,18)8-7-12-5-4-6-13(9-12)19-3/h4-6,9,14,16H,7-8,10-11H2,1-3H3. The van der Waals surface area contributed by atoms with E-state index in [4.69, 9.17) is 9.47 Å². The van der Waals surface area contributed by atoms with Crippen LogP contribution in [0.4, 0.5) is 0 Å². The minimum absolute atomic E-state index is 0.0379. The first-order valence-electron chi connectivity index (χ1n) is 7.04. The summed E-state index contributed by atoms with van der Waals surface area (Å²) >= 11 is 0. The van der Waals surface area contributed by atoms with Crippen LogP contribution in [0.15, 0.2) is 24.3 Å². The monoisotopic (exact) mass is 313 g/mol. The SMILES string of the molecule is COc1cccc(CCS(=O)(=O)NCC2OCC2(C)C)c1. The van der Waals surface area contributed by atoms with E-state index in [1.165, 1.54) is 0 Å². The third-order valence-electron chi connectivity index (χ3n) is 3.81. The van der Waals surface area contributed by atoms with Crippen LogP contribution in [0.3, 0.4) is 0 Å². The van der Waals surface area contributed by atoms with Crippen molar-refractivity contribution >= 4 is 10.0 Å². The predicted molar refractivity (Wildman–Crippen MR) is 82.0 cm³/mol. The van der Waals surface area contributed by atoms with Gasteiger partial charge in [0, 0.05) is 12.0 Å². The Morgan fingerprint density at radius 1 is 1.43 bits per heavy atom. The van der Waals surface area contributed by atoms with Crippen molar-refractivity contribution in [1.29, 1.82) is 0 Å². The maximum Gasteiger partial charge on any atom is 0.212 e. The molecule has 1 fully saturated rings. The van der Waals surface area contributed by atoms with Gasteiger partial charge in [-0.15, -0.1) is 0 Å². The molecule has 1 aliphatic rings. The third-order valence-corrected chi connectivity index (χ3v) is 5.16. The summed E-state index contributed by atoms with van der Waals surface area (Å²) in [6, 6.07) is 7.45. The van der Waals surface area contributed by atoms with Gasteiger partial charge >= 0.3 is 0 Å². The Bertz CT molecular complexity index is 583. The van der Waals surface area contributed by atoms with Gasteiger partial charge in [0.25, 0.3) is 0 Å². The smallest absolute Gasteiger partial charge is 0.212 e. The zero-order chi connectivity index (χ0) is 15.5. The molecule has 0 bridgehead atoms. The second-order valence-corrected chi connectivity index (χ2v) is 7.98. The van der Waals surface area contributed by atoms with Crippen LogP contribution in [-0.2, 0) is 21.2 Å². The molecule has 1 N–H and O–H groups in total. The van der Waals surface area contributed by atoms with E-state index in [9.17, 15) is 8.42 Å². The molecular formula is C15H23NO4S. The number of nitrogens with one attached hydrogen (secondary N) is 1. The van der Waals surface area contributed by atoms with Crippen molar-refractivity contribution in [2.45, 2.75) is 26.4 Å². The molecule has 21 heavy (non-hydrogen) atoms. The fourth-order valence-electron chi connectivity index (χ4n) is 2.22. The van der Waals surface area contributed by atoms with Crippen LogP contribution in [0.25, 0.3) is 0 Å². The Hall–Kier alpha value is -1.11. The minimum Gasteiger partial charge on any atom is -0.497 e. The Kier molecular flexibility index (Phi) is 4.91. The van der Waals surface area contributed by atoms with Crippen LogP contribution >= 0.6 is 0 Å². The van der Waals surface area contributed by atoms with Crippen LogP contribution < -0.4 is 9.46 Å². The number of hydrogen-bond donors (Lipinski definition) is 1. The number of hydrogen-bond acceptors (Lipinski definition) is 4. The zero-order valence-electron chi connectivity index (χ0n) is 12.8. The number of aryl methyl sites for hydroxylation is 1. The molecule has 0 spiro atoms. The number of ether oxygens (including phenoxy) is 2. The number of rotatable bonds is 7. The van der Waals surface area contributed by atoms with E-state index in [1.54, 1.807) is 7.11 Å². The van der Waals surface area contributed by atoms with Gasteiger partial charge in [0.15, 0.2) is 0 Å². The Labute approximate surface area is 126 Å². The van der Waals surface area contributed by atoms with Crippen molar-refractivity contribution in [1.82, 2.24) is 4.72 Å². The molecule has 0 aromatic heterocycles. The van der Waals surface area contributed by atoms with Crippen molar-refractivity contribution in [2.75, 3.05) is 26.0 Å². The average Bonchev–Trinajstić information content (AvgIpc) is 2.44. The molecule has 0 amide bonds. The summed E-state index contributed by atoms with van der Waals surface area (Å²) in [6.07, 6.45) is 0.422. The highest BCUT2D eigenvalue weighted by Gasteiger charge is 2.40. The lowest BCUT2D eigenvalue weighted by atomic mass is 9.83. The van der Waals surface area contributed by atoms with Crippen molar-refractivity contribution in [2.24, 2.45) is 5.41 Å². The Balaban J connectivity index is 1.83. The fraction of sp³-hybridized carbons (Fsp3) is 0.600. The first kappa shape index (κ1) is 16.3. The molecule has 1 aromatic carbocycles. The Morgan fingerprint density at radius 2 is 2.19 bits per heavy atom. The molecule has 1 aromatic rings. The summed E-state index contributed by atoms with van der Waals surface area (Å²) < 4.78 is 37.2. The summed E-state index contributed by atoms with van der Waals surface area (Å²) in [5.41, 5.74) is 0.995.